The average molecular weight is 311 g/mol. The molecule has 2 nitrogen and oxygen atoms in total. The summed E-state index contributed by atoms with van der Waals surface area (Å²) in [7, 11) is 3.84. The van der Waals surface area contributed by atoms with Crippen LogP contribution in [-0.4, -0.2) is 14.1 Å². The first-order chi connectivity index (χ1) is 9.86. The second-order valence-electron chi connectivity index (χ2n) is 5.12. The predicted molar refractivity (Wildman–Crippen MR) is 84.2 cm³/mol. The summed E-state index contributed by atoms with van der Waals surface area (Å²) in [5, 5.41) is 3.84. The van der Waals surface area contributed by atoms with Crippen LogP contribution in [0.5, 0.6) is 0 Å². The highest BCUT2D eigenvalue weighted by molar-refractivity contribution is 6.31. The Bertz CT molecular complexity index is 624. The molecular formula is C16H17ClF2N2. The Morgan fingerprint density at radius 1 is 1.05 bits per heavy atom. The number of nitrogens with one attached hydrogen (secondary N) is 1. The van der Waals surface area contributed by atoms with E-state index in [0.717, 1.165) is 17.4 Å². The summed E-state index contributed by atoms with van der Waals surface area (Å²) < 4.78 is 26.6. The van der Waals surface area contributed by atoms with E-state index in [1.54, 1.807) is 12.1 Å². The van der Waals surface area contributed by atoms with Crippen molar-refractivity contribution in [2.24, 2.45) is 0 Å². The lowest BCUT2D eigenvalue weighted by atomic mass is 10.1. The Morgan fingerprint density at radius 3 is 2.24 bits per heavy atom. The van der Waals surface area contributed by atoms with Crippen molar-refractivity contribution in [2.45, 2.75) is 13.0 Å². The number of benzene rings is 2. The van der Waals surface area contributed by atoms with Crippen molar-refractivity contribution in [3.05, 3.63) is 58.6 Å². The number of rotatable bonds is 4. The highest BCUT2D eigenvalue weighted by Gasteiger charge is 2.12. The summed E-state index contributed by atoms with van der Waals surface area (Å²) in [6.45, 7) is 1.84. The zero-order chi connectivity index (χ0) is 15.6. The van der Waals surface area contributed by atoms with Gasteiger partial charge >= 0.3 is 0 Å². The molecule has 0 amide bonds. The first-order valence-corrected chi connectivity index (χ1v) is 6.94. The zero-order valence-electron chi connectivity index (χ0n) is 12.1. The van der Waals surface area contributed by atoms with Gasteiger partial charge in [0.25, 0.3) is 0 Å². The Balaban J connectivity index is 2.30. The third-order valence-electron chi connectivity index (χ3n) is 3.20. The highest BCUT2D eigenvalue weighted by Crippen LogP contribution is 2.31. The average Bonchev–Trinajstić information content (AvgIpc) is 2.37. The largest absolute Gasteiger partial charge is 0.377 e. The molecule has 0 radical (unpaired) electrons. The van der Waals surface area contributed by atoms with E-state index >= 15 is 0 Å². The molecule has 1 unspecified atom stereocenters. The van der Waals surface area contributed by atoms with Gasteiger partial charge < -0.3 is 10.2 Å². The lowest BCUT2D eigenvalue weighted by Crippen LogP contribution is -2.14. The van der Waals surface area contributed by atoms with Crippen LogP contribution in [0.1, 0.15) is 18.5 Å². The van der Waals surface area contributed by atoms with E-state index in [0.29, 0.717) is 10.6 Å². The maximum atomic E-state index is 13.3. The quantitative estimate of drug-likeness (QED) is 0.867. The molecule has 0 aliphatic heterocycles. The maximum Gasteiger partial charge on any atom is 0.126 e. The molecule has 21 heavy (non-hydrogen) atoms. The molecule has 0 aliphatic carbocycles. The third-order valence-corrected chi connectivity index (χ3v) is 3.43. The van der Waals surface area contributed by atoms with Gasteiger partial charge in [0, 0.05) is 31.2 Å². The number of nitrogens with zero attached hydrogens (tertiary/aromatic N) is 1. The fourth-order valence-corrected chi connectivity index (χ4v) is 2.33. The first-order valence-electron chi connectivity index (χ1n) is 6.56. The normalized spacial score (nSPS) is 12.1. The number of hydrogen-bond donors (Lipinski definition) is 1. The van der Waals surface area contributed by atoms with Gasteiger partial charge in [-0.1, -0.05) is 11.6 Å². The van der Waals surface area contributed by atoms with Gasteiger partial charge in [0.05, 0.1) is 11.4 Å². The van der Waals surface area contributed by atoms with Gasteiger partial charge in [0.2, 0.25) is 0 Å². The molecule has 2 aromatic carbocycles. The van der Waals surface area contributed by atoms with Gasteiger partial charge in [0.15, 0.2) is 0 Å². The molecule has 1 atom stereocenters. The molecule has 1 N–H and O–H groups in total. The van der Waals surface area contributed by atoms with Gasteiger partial charge in [-0.3, -0.25) is 0 Å². The lowest BCUT2D eigenvalue weighted by Gasteiger charge is -2.22. The Hall–Kier alpha value is -1.81. The fraction of sp³-hybridized carbons (Fsp3) is 0.250. The van der Waals surface area contributed by atoms with E-state index in [-0.39, 0.29) is 6.04 Å². The van der Waals surface area contributed by atoms with E-state index < -0.39 is 11.6 Å². The Kier molecular flexibility index (Phi) is 4.68. The molecular weight excluding hydrogens is 294 g/mol. The molecule has 0 saturated carbocycles. The number of hydrogen-bond acceptors (Lipinski definition) is 2. The van der Waals surface area contributed by atoms with Crippen molar-refractivity contribution in [1.82, 2.24) is 0 Å². The van der Waals surface area contributed by atoms with Crippen LogP contribution >= 0.6 is 11.6 Å². The van der Waals surface area contributed by atoms with E-state index in [1.807, 2.05) is 32.0 Å². The molecule has 0 aromatic heterocycles. The summed E-state index contributed by atoms with van der Waals surface area (Å²) in [5.41, 5.74) is 2.30. The fourth-order valence-electron chi connectivity index (χ4n) is 2.16. The number of anilines is 2. The van der Waals surface area contributed by atoms with Crippen molar-refractivity contribution in [3.63, 3.8) is 0 Å². The van der Waals surface area contributed by atoms with Gasteiger partial charge in [-0.05, 0) is 42.8 Å². The molecule has 0 aliphatic rings. The Morgan fingerprint density at radius 2 is 1.67 bits per heavy atom. The minimum Gasteiger partial charge on any atom is -0.377 e. The predicted octanol–water partition coefficient (Wildman–Crippen LogP) is 4.86. The van der Waals surface area contributed by atoms with Crippen LogP contribution in [0, 0.1) is 11.6 Å². The first kappa shape index (κ1) is 15.6. The Labute approximate surface area is 128 Å². The summed E-state index contributed by atoms with van der Waals surface area (Å²) in [6, 6.07) is 8.73. The highest BCUT2D eigenvalue weighted by atomic mass is 35.5. The van der Waals surface area contributed by atoms with E-state index in [2.05, 4.69) is 5.32 Å². The van der Waals surface area contributed by atoms with E-state index in [4.69, 9.17) is 11.6 Å². The van der Waals surface area contributed by atoms with E-state index in [1.165, 1.54) is 12.1 Å². The maximum absolute atomic E-state index is 13.3. The van der Waals surface area contributed by atoms with Gasteiger partial charge in [0.1, 0.15) is 11.6 Å². The molecule has 0 fully saturated rings. The van der Waals surface area contributed by atoms with Crippen molar-refractivity contribution in [3.8, 4) is 0 Å². The van der Waals surface area contributed by atoms with Crippen molar-refractivity contribution in [1.29, 1.82) is 0 Å². The van der Waals surface area contributed by atoms with E-state index in [9.17, 15) is 8.78 Å². The molecule has 5 heteroatoms. The monoisotopic (exact) mass is 310 g/mol. The summed E-state index contributed by atoms with van der Waals surface area (Å²) >= 11 is 6.02. The standard InChI is InChI=1S/C16H17ClF2N2/c1-10(11-6-13(18)9-14(19)7-11)20-15-8-12(17)4-5-16(15)21(2)3/h4-10,20H,1-3H3. The summed E-state index contributed by atoms with van der Waals surface area (Å²) in [5.74, 6) is -1.17. The van der Waals surface area contributed by atoms with Crippen LogP contribution in [-0.2, 0) is 0 Å². The van der Waals surface area contributed by atoms with Crippen LogP contribution in [0.3, 0.4) is 0 Å². The van der Waals surface area contributed by atoms with Crippen LogP contribution in [0.2, 0.25) is 5.02 Å². The second-order valence-corrected chi connectivity index (χ2v) is 5.56. The van der Waals surface area contributed by atoms with Crippen LogP contribution in [0.15, 0.2) is 36.4 Å². The van der Waals surface area contributed by atoms with Crippen LogP contribution < -0.4 is 10.2 Å². The summed E-state index contributed by atoms with van der Waals surface area (Å²) in [4.78, 5) is 1.94. The molecule has 2 rings (SSSR count). The van der Waals surface area contributed by atoms with Gasteiger partial charge in [-0.2, -0.15) is 0 Å². The molecule has 0 spiro atoms. The van der Waals surface area contributed by atoms with Crippen molar-refractivity contribution in [2.75, 3.05) is 24.3 Å². The minimum atomic E-state index is -0.586. The molecule has 0 saturated heterocycles. The van der Waals surface area contributed by atoms with Crippen LogP contribution in [0.4, 0.5) is 20.2 Å². The molecule has 0 heterocycles. The van der Waals surface area contributed by atoms with Crippen LogP contribution in [0.25, 0.3) is 0 Å². The molecule has 0 bridgehead atoms. The lowest BCUT2D eigenvalue weighted by molar-refractivity contribution is 0.577. The number of halogens is 3. The smallest absolute Gasteiger partial charge is 0.126 e. The molecule has 112 valence electrons. The minimum absolute atomic E-state index is 0.257. The second kappa shape index (κ2) is 6.31. The van der Waals surface area contributed by atoms with Crippen molar-refractivity contribution >= 4 is 23.0 Å². The third kappa shape index (κ3) is 3.85. The summed E-state index contributed by atoms with van der Waals surface area (Å²) in [6.07, 6.45) is 0. The van der Waals surface area contributed by atoms with Crippen molar-refractivity contribution < 1.29 is 8.78 Å². The zero-order valence-corrected chi connectivity index (χ0v) is 12.9. The van der Waals surface area contributed by atoms with Gasteiger partial charge in [-0.25, -0.2) is 8.78 Å². The SMILES string of the molecule is CC(Nc1cc(Cl)ccc1N(C)C)c1cc(F)cc(F)c1. The topological polar surface area (TPSA) is 15.3 Å². The molecule has 2 aromatic rings. The van der Waals surface area contributed by atoms with Gasteiger partial charge in [-0.15, -0.1) is 0 Å².